The number of thiocarbonyl (C=S) groups is 1. The molecule has 0 spiro atoms. The Bertz CT molecular complexity index is 1150. The number of thiophene rings is 1. The number of amides is 1. The monoisotopic (exact) mass is 438 g/mol. The molecule has 0 aliphatic carbocycles. The number of piperazine rings is 1. The first-order chi connectivity index (χ1) is 14.2. The quantitative estimate of drug-likeness (QED) is 0.478. The number of carbonyl (C=O) groups excluding carboxylic acids is 1. The van der Waals surface area contributed by atoms with Gasteiger partial charge in [0.1, 0.15) is 10.1 Å². The summed E-state index contributed by atoms with van der Waals surface area (Å²) in [6.45, 7) is 3.98. The van der Waals surface area contributed by atoms with Crippen molar-refractivity contribution in [1.29, 1.82) is 0 Å². The molecule has 0 atom stereocenters. The highest BCUT2D eigenvalue weighted by atomic mass is 32.2. The van der Waals surface area contributed by atoms with E-state index in [9.17, 15) is 4.79 Å². The summed E-state index contributed by atoms with van der Waals surface area (Å²) in [4.78, 5) is 20.7. The number of aromatic nitrogens is 1. The number of hydrogen-bond donors (Lipinski definition) is 2. The Kier molecular flexibility index (Phi) is 5.09. The number of rotatable bonds is 3. The number of fused-ring (bicyclic) bond motifs is 1. The Morgan fingerprint density at radius 2 is 1.97 bits per heavy atom. The lowest BCUT2D eigenvalue weighted by molar-refractivity contribution is -0.115. The number of hydrogen-bond acceptors (Lipinski definition) is 7. The van der Waals surface area contributed by atoms with Crippen LogP contribution in [-0.2, 0) is 4.79 Å². The van der Waals surface area contributed by atoms with Gasteiger partial charge < -0.3 is 15.5 Å². The molecule has 8 heteroatoms. The Hall–Kier alpha value is -2.26. The first-order valence-electron chi connectivity index (χ1n) is 9.36. The second kappa shape index (κ2) is 7.87. The first-order valence-corrected chi connectivity index (χ1v) is 11.5. The van der Waals surface area contributed by atoms with E-state index in [4.69, 9.17) is 17.2 Å². The van der Waals surface area contributed by atoms with Gasteiger partial charge in [-0.05, 0) is 52.9 Å². The van der Waals surface area contributed by atoms with E-state index in [1.165, 1.54) is 11.8 Å². The van der Waals surface area contributed by atoms with Gasteiger partial charge in [0.05, 0.1) is 10.4 Å². The highest BCUT2D eigenvalue weighted by Gasteiger charge is 2.22. The Morgan fingerprint density at radius 3 is 2.76 bits per heavy atom. The summed E-state index contributed by atoms with van der Waals surface area (Å²) in [5.74, 6) is 0.925. The molecule has 2 aliphatic rings. The van der Waals surface area contributed by atoms with Crippen LogP contribution >= 0.6 is 35.3 Å². The summed E-state index contributed by atoms with van der Waals surface area (Å²) in [6.07, 6.45) is 1.90. The van der Waals surface area contributed by atoms with Crippen LogP contribution in [0.5, 0.6) is 0 Å². The molecular formula is C21H18N4OS3. The van der Waals surface area contributed by atoms with Crippen LogP contribution in [0.3, 0.4) is 0 Å². The van der Waals surface area contributed by atoms with E-state index in [1.54, 1.807) is 11.3 Å². The molecular weight excluding hydrogens is 420 g/mol. The predicted molar refractivity (Wildman–Crippen MR) is 126 cm³/mol. The van der Waals surface area contributed by atoms with Gasteiger partial charge in [0, 0.05) is 36.4 Å². The number of thioether (sulfide) groups is 1. The molecule has 146 valence electrons. The van der Waals surface area contributed by atoms with E-state index in [2.05, 4.69) is 57.3 Å². The summed E-state index contributed by atoms with van der Waals surface area (Å²) in [7, 11) is 0. The minimum absolute atomic E-state index is 0.118. The average molecular weight is 439 g/mol. The van der Waals surface area contributed by atoms with Gasteiger partial charge >= 0.3 is 0 Å². The fourth-order valence-corrected chi connectivity index (χ4v) is 5.45. The van der Waals surface area contributed by atoms with Crippen LogP contribution in [0.15, 0.2) is 46.7 Å². The van der Waals surface area contributed by atoms with Gasteiger partial charge in [0.25, 0.3) is 5.91 Å². The van der Waals surface area contributed by atoms with Crippen LogP contribution in [-0.4, -0.2) is 41.4 Å². The summed E-state index contributed by atoms with van der Waals surface area (Å²) in [6, 6.07) is 12.7. The highest BCUT2D eigenvalue weighted by molar-refractivity contribution is 8.26. The van der Waals surface area contributed by atoms with E-state index >= 15 is 0 Å². The maximum absolute atomic E-state index is 11.9. The zero-order valence-electron chi connectivity index (χ0n) is 15.5. The molecule has 2 saturated heterocycles. The van der Waals surface area contributed by atoms with Crippen molar-refractivity contribution in [2.45, 2.75) is 0 Å². The molecule has 5 rings (SSSR count). The van der Waals surface area contributed by atoms with Crippen molar-refractivity contribution in [3.63, 3.8) is 0 Å². The SMILES string of the molecule is O=C1NC(=S)S/C1=C\c1cc(-c2ccc3nc(N4CCNCC4)ccc3c2)cs1. The third-order valence-electron chi connectivity index (χ3n) is 4.98. The van der Waals surface area contributed by atoms with Gasteiger partial charge in [0.15, 0.2) is 0 Å². The number of carbonyl (C=O) groups is 1. The van der Waals surface area contributed by atoms with Crippen molar-refractivity contribution in [2.24, 2.45) is 0 Å². The molecule has 0 bridgehead atoms. The molecule has 4 heterocycles. The average Bonchev–Trinajstić information content (AvgIpc) is 3.34. The van der Waals surface area contributed by atoms with Gasteiger partial charge in [-0.25, -0.2) is 4.98 Å². The van der Waals surface area contributed by atoms with Crippen LogP contribution in [0, 0.1) is 0 Å². The maximum Gasteiger partial charge on any atom is 0.263 e. The van der Waals surface area contributed by atoms with E-state index in [-0.39, 0.29) is 5.91 Å². The molecule has 1 aromatic carbocycles. The molecule has 0 saturated carbocycles. The predicted octanol–water partition coefficient (Wildman–Crippen LogP) is 3.86. The Labute approximate surface area is 182 Å². The number of anilines is 1. The van der Waals surface area contributed by atoms with Crippen LogP contribution < -0.4 is 15.5 Å². The lowest BCUT2D eigenvalue weighted by Crippen LogP contribution is -2.43. The van der Waals surface area contributed by atoms with Crippen LogP contribution in [0.2, 0.25) is 0 Å². The molecule has 0 radical (unpaired) electrons. The molecule has 5 nitrogen and oxygen atoms in total. The topological polar surface area (TPSA) is 57.3 Å². The van der Waals surface area contributed by atoms with Gasteiger partial charge in [-0.1, -0.05) is 30.0 Å². The summed E-state index contributed by atoms with van der Waals surface area (Å²) in [5.41, 5.74) is 3.30. The van der Waals surface area contributed by atoms with Crippen LogP contribution in [0.1, 0.15) is 4.88 Å². The minimum Gasteiger partial charge on any atom is -0.354 e. The smallest absolute Gasteiger partial charge is 0.263 e. The van der Waals surface area contributed by atoms with Crippen molar-refractivity contribution in [2.75, 3.05) is 31.1 Å². The molecule has 1 amide bonds. The third kappa shape index (κ3) is 3.93. The second-order valence-electron chi connectivity index (χ2n) is 6.90. The molecule has 2 aliphatic heterocycles. The zero-order valence-corrected chi connectivity index (χ0v) is 17.9. The van der Waals surface area contributed by atoms with Crippen LogP contribution in [0.4, 0.5) is 5.82 Å². The summed E-state index contributed by atoms with van der Waals surface area (Å²) < 4.78 is 0.514. The van der Waals surface area contributed by atoms with Crippen molar-refractivity contribution in [1.82, 2.24) is 15.6 Å². The number of benzene rings is 1. The zero-order chi connectivity index (χ0) is 19.8. The molecule has 3 aromatic rings. The Balaban J connectivity index is 1.41. The second-order valence-corrected chi connectivity index (χ2v) is 9.57. The third-order valence-corrected chi connectivity index (χ3v) is 7.03. The Morgan fingerprint density at radius 1 is 1.10 bits per heavy atom. The van der Waals surface area contributed by atoms with Gasteiger partial charge in [-0.2, -0.15) is 0 Å². The number of nitrogens with zero attached hydrogens (tertiary/aromatic N) is 2. The van der Waals surface area contributed by atoms with E-state index in [0.717, 1.165) is 58.9 Å². The normalized spacial score (nSPS) is 18.6. The molecule has 2 fully saturated rings. The lowest BCUT2D eigenvalue weighted by atomic mass is 10.1. The number of nitrogens with one attached hydrogen (secondary N) is 2. The van der Waals surface area contributed by atoms with Gasteiger partial charge in [-0.15, -0.1) is 11.3 Å². The summed E-state index contributed by atoms with van der Waals surface area (Å²) in [5, 5.41) is 9.27. The molecule has 2 aromatic heterocycles. The largest absolute Gasteiger partial charge is 0.354 e. The van der Waals surface area contributed by atoms with Crippen molar-refractivity contribution < 1.29 is 4.79 Å². The van der Waals surface area contributed by atoms with Crippen LogP contribution in [0.25, 0.3) is 28.1 Å². The molecule has 0 unspecified atom stereocenters. The van der Waals surface area contributed by atoms with Crippen molar-refractivity contribution >= 4 is 68.3 Å². The van der Waals surface area contributed by atoms with E-state index in [1.807, 2.05) is 6.08 Å². The molecule has 2 N–H and O–H groups in total. The lowest BCUT2D eigenvalue weighted by Gasteiger charge is -2.28. The maximum atomic E-state index is 11.9. The van der Waals surface area contributed by atoms with E-state index < -0.39 is 0 Å². The number of pyridine rings is 1. The minimum atomic E-state index is -0.118. The fraction of sp³-hybridized carbons (Fsp3) is 0.190. The van der Waals surface area contributed by atoms with Gasteiger partial charge in [0.2, 0.25) is 0 Å². The van der Waals surface area contributed by atoms with Gasteiger partial charge in [-0.3, -0.25) is 4.79 Å². The highest BCUT2D eigenvalue weighted by Crippen LogP contribution is 2.32. The van der Waals surface area contributed by atoms with E-state index in [0.29, 0.717) is 9.23 Å². The molecule has 29 heavy (non-hydrogen) atoms. The van der Waals surface area contributed by atoms with Crippen molar-refractivity contribution in [3.05, 3.63) is 51.6 Å². The van der Waals surface area contributed by atoms with Crippen molar-refractivity contribution in [3.8, 4) is 11.1 Å². The fourth-order valence-electron chi connectivity index (χ4n) is 3.49. The standard InChI is InChI=1S/C21H18N4OS3/c26-20-18(29-21(27)24-20)11-16-10-15(12-28-16)13-1-3-17-14(9-13)2-4-19(23-17)25-7-5-22-6-8-25/h1-4,9-12,22H,5-8H2,(H,24,26,27)/b18-11-. The summed E-state index contributed by atoms with van der Waals surface area (Å²) >= 11 is 7.98. The first kappa shape index (κ1) is 18.7.